The number of benzene rings is 2. The summed E-state index contributed by atoms with van der Waals surface area (Å²) in [5, 5.41) is 7.43. The molecular weight excluding hydrogens is 316 g/mol. The number of hydrogen-bond acceptors (Lipinski definition) is 4. The molecule has 0 fully saturated rings. The second-order valence-electron chi connectivity index (χ2n) is 5.60. The minimum absolute atomic E-state index is 0.294. The van der Waals surface area contributed by atoms with Crippen molar-refractivity contribution in [1.82, 2.24) is 10.2 Å². The Kier molecular flexibility index (Phi) is 5.14. The molecule has 128 valence electrons. The summed E-state index contributed by atoms with van der Waals surface area (Å²) < 4.78 is 10.2. The summed E-state index contributed by atoms with van der Waals surface area (Å²) in [5.41, 5.74) is 4.59. The predicted octanol–water partition coefficient (Wildman–Crippen LogP) is 3.85. The zero-order chi connectivity index (χ0) is 17.6. The largest absolute Gasteiger partial charge is 0.497 e. The third-order valence-electron chi connectivity index (χ3n) is 3.88. The lowest BCUT2D eigenvalue weighted by Gasteiger charge is -2.03. The summed E-state index contributed by atoms with van der Waals surface area (Å²) in [6.45, 7) is 2.17. The molecule has 5 heteroatoms. The van der Waals surface area contributed by atoms with E-state index in [4.69, 9.17) is 9.47 Å². The molecule has 1 N–H and O–H groups in total. The summed E-state index contributed by atoms with van der Waals surface area (Å²) in [5.74, 6) is 0.526. The third kappa shape index (κ3) is 4.07. The van der Waals surface area contributed by atoms with Crippen molar-refractivity contribution in [2.75, 3.05) is 13.7 Å². The van der Waals surface area contributed by atoms with Crippen molar-refractivity contribution < 1.29 is 14.3 Å². The second-order valence-corrected chi connectivity index (χ2v) is 5.60. The van der Waals surface area contributed by atoms with E-state index in [1.807, 2.05) is 42.5 Å². The minimum atomic E-state index is -0.294. The summed E-state index contributed by atoms with van der Waals surface area (Å²) in [6, 6.07) is 17.2. The molecule has 0 amide bonds. The maximum atomic E-state index is 11.7. The van der Waals surface area contributed by atoms with Crippen molar-refractivity contribution in [1.29, 1.82) is 0 Å². The number of nitrogens with one attached hydrogen (secondary N) is 1. The smallest absolute Gasteiger partial charge is 0.338 e. The van der Waals surface area contributed by atoms with Crippen LogP contribution in [0.2, 0.25) is 0 Å². The average molecular weight is 336 g/mol. The van der Waals surface area contributed by atoms with E-state index in [1.165, 1.54) is 0 Å². The van der Waals surface area contributed by atoms with Gasteiger partial charge in [-0.25, -0.2) is 4.79 Å². The highest BCUT2D eigenvalue weighted by Crippen LogP contribution is 2.22. The van der Waals surface area contributed by atoms with Gasteiger partial charge in [0.2, 0.25) is 0 Å². The van der Waals surface area contributed by atoms with Gasteiger partial charge in [-0.1, -0.05) is 12.1 Å². The van der Waals surface area contributed by atoms with Crippen molar-refractivity contribution in [2.45, 2.75) is 13.3 Å². The lowest BCUT2D eigenvalue weighted by atomic mass is 10.1. The summed E-state index contributed by atoms with van der Waals surface area (Å²) in [6.07, 6.45) is 0.715. The highest BCUT2D eigenvalue weighted by Gasteiger charge is 2.08. The third-order valence-corrected chi connectivity index (χ3v) is 3.88. The van der Waals surface area contributed by atoms with Gasteiger partial charge >= 0.3 is 5.97 Å². The van der Waals surface area contributed by atoms with E-state index in [1.54, 1.807) is 26.2 Å². The van der Waals surface area contributed by atoms with E-state index in [-0.39, 0.29) is 5.97 Å². The molecule has 0 aliphatic carbocycles. The van der Waals surface area contributed by atoms with Crippen LogP contribution in [0.5, 0.6) is 5.75 Å². The normalized spacial score (nSPS) is 10.5. The number of H-pyrrole nitrogens is 1. The lowest BCUT2D eigenvalue weighted by molar-refractivity contribution is 0.0526. The summed E-state index contributed by atoms with van der Waals surface area (Å²) in [7, 11) is 1.65. The van der Waals surface area contributed by atoms with Crippen LogP contribution in [-0.4, -0.2) is 29.9 Å². The predicted molar refractivity (Wildman–Crippen MR) is 95.8 cm³/mol. The van der Waals surface area contributed by atoms with E-state index >= 15 is 0 Å². The molecule has 0 aliphatic rings. The Morgan fingerprint density at radius 3 is 2.44 bits per heavy atom. The Bertz CT molecular complexity index is 836. The molecule has 3 aromatic rings. The number of aromatic nitrogens is 2. The first-order valence-electron chi connectivity index (χ1n) is 8.14. The van der Waals surface area contributed by atoms with Crippen LogP contribution in [0.4, 0.5) is 0 Å². The topological polar surface area (TPSA) is 64.2 Å². The van der Waals surface area contributed by atoms with Crippen LogP contribution in [0.25, 0.3) is 11.3 Å². The fraction of sp³-hybridized carbons (Fsp3) is 0.200. The zero-order valence-electron chi connectivity index (χ0n) is 14.3. The first-order chi connectivity index (χ1) is 12.2. The highest BCUT2D eigenvalue weighted by atomic mass is 16.5. The molecule has 25 heavy (non-hydrogen) atoms. The molecule has 0 atom stereocenters. The molecule has 3 rings (SSSR count). The van der Waals surface area contributed by atoms with Gasteiger partial charge in [-0.05, 0) is 55.0 Å². The van der Waals surface area contributed by atoms with Gasteiger partial charge in [-0.15, -0.1) is 0 Å². The number of hydrogen-bond donors (Lipinski definition) is 1. The lowest BCUT2D eigenvalue weighted by Crippen LogP contribution is -2.04. The van der Waals surface area contributed by atoms with Gasteiger partial charge in [0.15, 0.2) is 0 Å². The quantitative estimate of drug-likeness (QED) is 0.694. The Morgan fingerprint density at radius 2 is 1.80 bits per heavy atom. The van der Waals surface area contributed by atoms with Gasteiger partial charge in [0, 0.05) is 17.7 Å². The number of carbonyl (C=O) groups excluding carboxylic acids is 1. The maximum absolute atomic E-state index is 11.7. The second kappa shape index (κ2) is 7.66. The molecule has 1 heterocycles. The zero-order valence-corrected chi connectivity index (χ0v) is 14.3. The average Bonchev–Trinajstić information content (AvgIpc) is 3.11. The number of esters is 1. The van der Waals surface area contributed by atoms with Crippen molar-refractivity contribution >= 4 is 5.97 Å². The Labute approximate surface area is 146 Å². The molecule has 0 bridgehead atoms. The molecule has 0 aliphatic heterocycles. The van der Waals surface area contributed by atoms with Crippen LogP contribution in [0.3, 0.4) is 0 Å². The van der Waals surface area contributed by atoms with Gasteiger partial charge in [0.1, 0.15) is 5.75 Å². The van der Waals surface area contributed by atoms with E-state index in [0.717, 1.165) is 28.3 Å². The van der Waals surface area contributed by atoms with Crippen molar-refractivity contribution in [2.24, 2.45) is 0 Å². The van der Waals surface area contributed by atoms with Crippen molar-refractivity contribution in [3.63, 3.8) is 0 Å². The van der Waals surface area contributed by atoms with Crippen LogP contribution in [0.1, 0.15) is 28.5 Å². The molecule has 0 spiro atoms. The number of nitrogens with zero attached hydrogens (tertiary/aromatic N) is 1. The summed E-state index contributed by atoms with van der Waals surface area (Å²) in [4.78, 5) is 11.7. The molecule has 0 saturated heterocycles. The Balaban J connectivity index is 1.69. The van der Waals surface area contributed by atoms with Gasteiger partial charge in [0.25, 0.3) is 0 Å². The first kappa shape index (κ1) is 16.8. The van der Waals surface area contributed by atoms with Crippen LogP contribution < -0.4 is 4.74 Å². The molecule has 1 aromatic heterocycles. The van der Waals surface area contributed by atoms with Crippen LogP contribution >= 0.6 is 0 Å². The molecular formula is C20H20N2O3. The van der Waals surface area contributed by atoms with Crippen LogP contribution in [-0.2, 0) is 11.2 Å². The number of rotatable bonds is 6. The van der Waals surface area contributed by atoms with Gasteiger partial charge < -0.3 is 9.47 Å². The number of carbonyl (C=O) groups is 1. The molecule has 0 saturated carbocycles. The molecule has 0 unspecified atom stereocenters. The van der Waals surface area contributed by atoms with Gasteiger partial charge in [0.05, 0.1) is 25.0 Å². The Hall–Kier alpha value is -3.08. The van der Waals surface area contributed by atoms with Crippen molar-refractivity contribution in [3.05, 3.63) is 71.4 Å². The van der Waals surface area contributed by atoms with Crippen LogP contribution in [0.15, 0.2) is 54.6 Å². The van der Waals surface area contributed by atoms with Crippen LogP contribution in [0, 0.1) is 0 Å². The molecule has 2 aromatic carbocycles. The monoisotopic (exact) mass is 336 g/mol. The highest BCUT2D eigenvalue weighted by molar-refractivity contribution is 5.89. The molecule has 0 radical (unpaired) electrons. The standard InChI is InChI=1S/C20H20N2O3/c1-3-25-20(23)16-6-4-14(5-7-16)12-17-13-19(22-21-17)15-8-10-18(24-2)11-9-15/h4-11,13H,3,12H2,1-2H3,(H,21,22). The SMILES string of the molecule is CCOC(=O)c1ccc(Cc2cc(-c3ccc(OC)cc3)n[nH]2)cc1. The fourth-order valence-electron chi connectivity index (χ4n) is 2.55. The van der Waals surface area contributed by atoms with E-state index in [9.17, 15) is 4.79 Å². The number of ether oxygens (including phenoxy) is 2. The Morgan fingerprint density at radius 1 is 1.08 bits per heavy atom. The molecule has 5 nitrogen and oxygen atoms in total. The summed E-state index contributed by atoms with van der Waals surface area (Å²) >= 11 is 0. The fourth-order valence-corrected chi connectivity index (χ4v) is 2.55. The number of aromatic amines is 1. The first-order valence-corrected chi connectivity index (χ1v) is 8.14. The van der Waals surface area contributed by atoms with Crippen molar-refractivity contribution in [3.8, 4) is 17.0 Å². The van der Waals surface area contributed by atoms with Gasteiger partial charge in [-0.2, -0.15) is 5.10 Å². The van der Waals surface area contributed by atoms with E-state index in [2.05, 4.69) is 10.2 Å². The minimum Gasteiger partial charge on any atom is -0.497 e. The van der Waals surface area contributed by atoms with E-state index in [0.29, 0.717) is 18.6 Å². The van der Waals surface area contributed by atoms with Gasteiger partial charge in [-0.3, -0.25) is 5.10 Å². The number of methoxy groups -OCH3 is 1. The maximum Gasteiger partial charge on any atom is 0.338 e. The van der Waals surface area contributed by atoms with E-state index < -0.39 is 0 Å².